The molecule has 2 aromatic carbocycles. The fraction of sp³-hybridized carbons (Fsp3) is 0.435. The number of fused-ring (bicyclic) bond motifs is 1. The third kappa shape index (κ3) is 4.23. The Morgan fingerprint density at radius 2 is 1.80 bits per heavy atom. The molecule has 1 amide bonds. The maximum Gasteiger partial charge on any atom is 0.243 e. The summed E-state index contributed by atoms with van der Waals surface area (Å²) in [6, 6.07) is 12.6. The van der Waals surface area contributed by atoms with Crippen LogP contribution in [0.2, 0.25) is 0 Å². The number of carbonyl (C=O) groups is 1. The van der Waals surface area contributed by atoms with Gasteiger partial charge in [-0.05, 0) is 67.1 Å². The van der Waals surface area contributed by atoms with Crippen LogP contribution in [-0.2, 0) is 21.2 Å². The van der Waals surface area contributed by atoms with E-state index in [-0.39, 0.29) is 11.9 Å². The molecule has 0 bridgehead atoms. The number of methoxy groups -OCH3 is 1. The summed E-state index contributed by atoms with van der Waals surface area (Å²) in [5.41, 5.74) is 2.60. The highest BCUT2D eigenvalue weighted by Gasteiger charge is 2.34. The van der Waals surface area contributed by atoms with E-state index in [9.17, 15) is 13.2 Å². The van der Waals surface area contributed by atoms with Crippen molar-refractivity contribution in [2.24, 2.45) is 0 Å². The summed E-state index contributed by atoms with van der Waals surface area (Å²) < 4.78 is 34.3. The zero-order valence-corrected chi connectivity index (χ0v) is 18.1. The molecule has 1 saturated heterocycles. The van der Waals surface area contributed by atoms with Crippen molar-refractivity contribution >= 4 is 21.6 Å². The number of carbonyl (C=O) groups excluding carboxylic acids is 1. The summed E-state index contributed by atoms with van der Waals surface area (Å²) in [5.74, 6) is 0.742. The van der Waals surface area contributed by atoms with E-state index in [1.165, 1.54) is 0 Å². The van der Waals surface area contributed by atoms with Gasteiger partial charge in [-0.25, -0.2) is 8.42 Å². The summed E-state index contributed by atoms with van der Waals surface area (Å²) in [6.07, 6.45) is 5.55. The van der Waals surface area contributed by atoms with Crippen molar-refractivity contribution in [3.8, 4) is 5.75 Å². The average Bonchev–Trinajstić information content (AvgIpc) is 3.11. The van der Waals surface area contributed by atoms with Crippen LogP contribution in [0, 0.1) is 0 Å². The van der Waals surface area contributed by atoms with Crippen LogP contribution >= 0.6 is 0 Å². The highest BCUT2D eigenvalue weighted by Crippen LogP contribution is 2.36. The lowest BCUT2D eigenvalue weighted by Crippen LogP contribution is -2.35. The second-order valence-electron chi connectivity index (χ2n) is 7.97. The monoisotopic (exact) mass is 428 g/mol. The van der Waals surface area contributed by atoms with E-state index < -0.39 is 10.0 Å². The van der Waals surface area contributed by atoms with Crippen molar-refractivity contribution in [3.63, 3.8) is 0 Å². The third-order valence-electron chi connectivity index (χ3n) is 6.01. The fourth-order valence-electron chi connectivity index (χ4n) is 4.38. The molecular weight excluding hydrogens is 400 g/mol. The summed E-state index contributed by atoms with van der Waals surface area (Å²) in [4.78, 5) is 12.1. The Balaban J connectivity index is 1.69. The van der Waals surface area contributed by atoms with Gasteiger partial charge < -0.3 is 10.1 Å². The number of amides is 1. The molecule has 1 fully saturated rings. The Labute approximate surface area is 178 Å². The summed E-state index contributed by atoms with van der Waals surface area (Å²) in [7, 11) is -2.04. The summed E-state index contributed by atoms with van der Waals surface area (Å²) in [6.45, 7) is 0.507. The van der Waals surface area contributed by atoms with E-state index in [0.717, 1.165) is 54.7 Å². The maximum absolute atomic E-state index is 13.7. The van der Waals surface area contributed by atoms with Crippen LogP contribution in [-0.4, -0.2) is 32.3 Å². The number of hydrogen-bond acceptors (Lipinski definition) is 4. The minimum absolute atomic E-state index is 0.0172. The molecule has 2 aromatic rings. The lowest BCUT2D eigenvalue weighted by molar-refractivity contribution is -0.116. The first-order valence-electron chi connectivity index (χ1n) is 10.6. The first-order chi connectivity index (χ1) is 14.5. The number of nitrogens with one attached hydrogen (secondary N) is 1. The molecule has 0 aromatic heterocycles. The van der Waals surface area contributed by atoms with Crippen LogP contribution in [0.15, 0.2) is 47.4 Å². The van der Waals surface area contributed by atoms with Gasteiger partial charge in [0.2, 0.25) is 15.9 Å². The second kappa shape index (κ2) is 8.78. The van der Waals surface area contributed by atoms with Gasteiger partial charge in [-0.1, -0.05) is 25.0 Å². The molecule has 0 radical (unpaired) electrons. The highest BCUT2D eigenvalue weighted by atomic mass is 32.2. The quantitative estimate of drug-likeness (QED) is 0.789. The SMILES string of the molecule is COc1ccc([C@@H]2CCCCCN2S(=O)(=O)c2ccc3c(c2)CCCC(=O)N3)cc1. The van der Waals surface area contributed by atoms with Crippen molar-refractivity contribution in [3.05, 3.63) is 53.6 Å². The predicted octanol–water partition coefficient (Wildman–Crippen LogP) is 4.28. The van der Waals surface area contributed by atoms with Crippen molar-refractivity contribution in [1.82, 2.24) is 4.31 Å². The Hall–Kier alpha value is -2.38. The molecule has 0 unspecified atom stereocenters. The lowest BCUT2D eigenvalue weighted by atomic mass is 10.0. The minimum atomic E-state index is -3.67. The van der Waals surface area contributed by atoms with Crippen molar-refractivity contribution in [2.45, 2.75) is 55.9 Å². The summed E-state index contributed by atoms with van der Waals surface area (Å²) >= 11 is 0. The van der Waals surface area contributed by atoms with Crippen molar-refractivity contribution in [2.75, 3.05) is 19.0 Å². The van der Waals surface area contributed by atoms with Crippen LogP contribution in [0.3, 0.4) is 0 Å². The third-order valence-corrected chi connectivity index (χ3v) is 7.92. The zero-order chi connectivity index (χ0) is 21.1. The first-order valence-corrected chi connectivity index (χ1v) is 12.0. The molecule has 2 heterocycles. The predicted molar refractivity (Wildman–Crippen MR) is 116 cm³/mol. The van der Waals surface area contributed by atoms with E-state index >= 15 is 0 Å². The van der Waals surface area contributed by atoms with Gasteiger partial charge in [-0.3, -0.25) is 4.79 Å². The molecule has 1 N–H and O–H groups in total. The zero-order valence-electron chi connectivity index (χ0n) is 17.3. The standard InChI is InChI=1S/C23H28N2O4S/c1-29-19-11-9-17(10-12-19)22-7-3-2-4-15-25(22)30(27,28)20-13-14-21-18(16-20)6-5-8-23(26)24-21/h9-14,16,22H,2-8,15H2,1H3,(H,24,26)/t22-/m0/s1. The van der Waals surface area contributed by atoms with Gasteiger partial charge in [0.25, 0.3) is 0 Å². The second-order valence-corrected chi connectivity index (χ2v) is 9.87. The summed E-state index contributed by atoms with van der Waals surface area (Å²) in [5, 5.41) is 2.88. The molecule has 1 atom stereocenters. The van der Waals surface area contributed by atoms with Gasteiger partial charge in [-0.2, -0.15) is 4.31 Å². The molecule has 7 heteroatoms. The van der Waals surface area contributed by atoms with E-state index in [1.807, 2.05) is 24.3 Å². The fourth-order valence-corrected chi connectivity index (χ4v) is 6.11. The average molecular weight is 429 g/mol. The van der Waals surface area contributed by atoms with Gasteiger partial charge in [-0.15, -0.1) is 0 Å². The Kier molecular flexibility index (Phi) is 6.11. The van der Waals surface area contributed by atoms with Gasteiger partial charge >= 0.3 is 0 Å². The first kappa shape index (κ1) is 20.9. The molecule has 2 aliphatic rings. The molecule has 2 aliphatic heterocycles. The van der Waals surface area contributed by atoms with Gasteiger partial charge in [0.15, 0.2) is 0 Å². The number of benzene rings is 2. The number of rotatable bonds is 4. The Bertz CT molecular complexity index is 1020. The van der Waals surface area contributed by atoms with E-state index in [0.29, 0.717) is 24.3 Å². The Morgan fingerprint density at radius 3 is 2.57 bits per heavy atom. The topological polar surface area (TPSA) is 75.7 Å². The highest BCUT2D eigenvalue weighted by molar-refractivity contribution is 7.89. The molecular formula is C23H28N2O4S. The van der Waals surface area contributed by atoms with E-state index in [2.05, 4.69) is 5.32 Å². The molecule has 30 heavy (non-hydrogen) atoms. The molecule has 4 rings (SSSR count). The smallest absolute Gasteiger partial charge is 0.243 e. The van der Waals surface area contributed by atoms with Crippen LogP contribution in [0.1, 0.15) is 55.7 Å². The van der Waals surface area contributed by atoms with Crippen LogP contribution in [0.25, 0.3) is 0 Å². The van der Waals surface area contributed by atoms with Gasteiger partial charge in [0, 0.05) is 18.7 Å². The lowest BCUT2D eigenvalue weighted by Gasteiger charge is -2.30. The normalized spacial score (nSPS) is 20.6. The molecule has 0 saturated carbocycles. The largest absolute Gasteiger partial charge is 0.497 e. The van der Waals surface area contributed by atoms with Gasteiger partial charge in [0.05, 0.1) is 18.0 Å². The Morgan fingerprint density at radius 1 is 1.00 bits per heavy atom. The molecule has 0 spiro atoms. The van der Waals surface area contributed by atoms with Crippen molar-refractivity contribution in [1.29, 1.82) is 0 Å². The van der Waals surface area contributed by atoms with Gasteiger partial charge in [0.1, 0.15) is 5.75 Å². The number of hydrogen-bond donors (Lipinski definition) is 1. The number of nitrogens with zero attached hydrogens (tertiary/aromatic N) is 1. The van der Waals surface area contributed by atoms with E-state index in [1.54, 1.807) is 29.6 Å². The van der Waals surface area contributed by atoms with E-state index in [4.69, 9.17) is 4.74 Å². The van der Waals surface area contributed by atoms with Crippen LogP contribution in [0.4, 0.5) is 5.69 Å². The van der Waals surface area contributed by atoms with Crippen LogP contribution < -0.4 is 10.1 Å². The minimum Gasteiger partial charge on any atom is -0.497 e. The molecule has 160 valence electrons. The van der Waals surface area contributed by atoms with Crippen LogP contribution in [0.5, 0.6) is 5.75 Å². The number of sulfonamides is 1. The number of aryl methyl sites for hydroxylation is 1. The molecule has 6 nitrogen and oxygen atoms in total. The molecule has 0 aliphatic carbocycles. The number of anilines is 1. The van der Waals surface area contributed by atoms with Crippen molar-refractivity contribution < 1.29 is 17.9 Å². The number of ether oxygens (including phenoxy) is 1. The maximum atomic E-state index is 13.7.